The van der Waals surface area contributed by atoms with E-state index in [1.54, 1.807) is 24.8 Å². The van der Waals surface area contributed by atoms with E-state index in [-0.39, 0.29) is 50.0 Å². The quantitative estimate of drug-likeness (QED) is 0.0881. The van der Waals surface area contributed by atoms with Gasteiger partial charge in [0, 0.05) is 112 Å². The number of anilines is 2. The first-order valence-electron chi connectivity index (χ1n) is 19.5. The van der Waals surface area contributed by atoms with Crippen molar-refractivity contribution in [2.45, 2.75) is 38.8 Å². The first-order valence-corrected chi connectivity index (χ1v) is 19.5. The summed E-state index contributed by atoms with van der Waals surface area (Å²) < 4.78 is 77.2. The molecule has 60 heavy (non-hydrogen) atoms. The molecule has 2 aliphatic rings. The van der Waals surface area contributed by atoms with E-state index in [0.29, 0.717) is 60.3 Å². The summed E-state index contributed by atoms with van der Waals surface area (Å²) in [5, 5.41) is 0. The maximum Gasteiger partial charge on any atom is 0.200 e. The first-order chi connectivity index (χ1) is 29.2. The monoisotopic (exact) mass is 824 g/mol. The molecule has 0 bridgehead atoms. The van der Waals surface area contributed by atoms with Crippen LogP contribution >= 0.6 is 0 Å². The summed E-state index contributed by atoms with van der Waals surface area (Å²) in [5.74, 6) is -2.97. The Morgan fingerprint density at radius 3 is 1.40 bits per heavy atom. The Kier molecular flexibility index (Phi) is 13.4. The molecule has 0 radical (unpaired) electrons. The molecule has 0 saturated heterocycles. The van der Waals surface area contributed by atoms with Gasteiger partial charge in [0.2, 0.25) is 11.6 Å². The van der Waals surface area contributed by atoms with Crippen LogP contribution in [-0.4, -0.2) is 83.6 Å². The van der Waals surface area contributed by atoms with E-state index in [0.717, 1.165) is 22.5 Å². The summed E-state index contributed by atoms with van der Waals surface area (Å²) in [6, 6.07) is 16.4. The Bertz CT molecular complexity index is 2230. The molecule has 0 fully saturated rings. The number of nitrogens with zero attached hydrogens (tertiary/aromatic N) is 8. The van der Waals surface area contributed by atoms with E-state index in [2.05, 4.69) is 29.9 Å². The number of aromatic nitrogens is 6. The molecule has 8 rings (SSSR count). The zero-order valence-electron chi connectivity index (χ0n) is 33.6. The number of rotatable bonds is 12. The van der Waals surface area contributed by atoms with E-state index in [1.807, 2.05) is 60.0 Å². The summed E-state index contributed by atoms with van der Waals surface area (Å²) in [5.41, 5.74) is 6.31. The van der Waals surface area contributed by atoms with Crippen molar-refractivity contribution >= 4 is 11.4 Å². The number of hydrogen-bond donors (Lipinski definition) is 0. The Morgan fingerprint density at radius 1 is 0.583 bits per heavy atom. The third kappa shape index (κ3) is 9.29. The summed E-state index contributed by atoms with van der Waals surface area (Å²) in [6.45, 7) is 6.05. The highest BCUT2D eigenvalue weighted by Gasteiger charge is 2.29. The molecule has 2 aliphatic heterocycles. The largest absolute Gasteiger partial charge is 0.488 e. The number of fused-ring (bicyclic) bond motifs is 2. The number of ether oxygens (including phenoxy) is 4. The van der Waals surface area contributed by atoms with Crippen LogP contribution in [0.15, 0.2) is 85.5 Å². The van der Waals surface area contributed by atoms with Gasteiger partial charge in [-0.1, -0.05) is 12.1 Å². The second-order valence-corrected chi connectivity index (χ2v) is 14.0. The molecular formula is C44H44F4N8O4. The maximum atomic E-state index is 14.2. The number of methoxy groups -OCH3 is 2. The van der Waals surface area contributed by atoms with Crippen LogP contribution in [0.1, 0.15) is 48.4 Å². The van der Waals surface area contributed by atoms with Crippen molar-refractivity contribution in [1.29, 1.82) is 0 Å². The minimum Gasteiger partial charge on any atom is -0.488 e. The van der Waals surface area contributed by atoms with E-state index in [1.165, 1.54) is 38.5 Å². The van der Waals surface area contributed by atoms with Crippen molar-refractivity contribution in [3.8, 4) is 34.5 Å². The lowest BCUT2D eigenvalue weighted by Crippen LogP contribution is -2.35. The van der Waals surface area contributed by atoms with E-state index in [9.17, 15) is 17.6 Å². The maximum absolute atomic E-state index is 14.2. The topological polar surface area (TPSA) is 121 Å². The van der Waals surface area contributed by atoms with Gasteiger partial charge in [-0.2, -0.15) is 8.78 Å². The lowest BCUT2D eigenvalue weighted by molar-refractivity contribution is 0.143. The molecule has 2 atom stereocenters. The highest BCUT2D eigenvalue weighted by atomic mass is 19.2. The smallest absolute Gasteiger partial charge is 0.200 e. The van der Waals surface area contributed by atoms with Crippen molar-refractivity contribution < 1.29 is 36.5 Å². The predicted octanol–water partition coefficient (Wildman–Crippen LogP) is 7.93. The summed E-state index contributed by atoms with van der Waals surface area (Å²) in [4.78, 5) is 30.9. The van der Waals surface area contributed by atoms with E-state index in [4.69, 9.17) is 18.9 Å². The fraction of sp³-hybridized carbons (Fsp3) is 0.318. The molecule has 0 amide bonds. The van der Waals surface area contributed by atoms with Crippen LogP contribution in [0.5, 0.6) is 11.5 Å². The van der Waals surface area contributed by atoms with Gasteiger partial charge in [0.25, 0.3) is 0 Å². The van der Waals surface area contributed by atoms with Gasteiger partial charge in [-0.05, 0) is 38.1 Å². The van der Waals surface area contributed by atoms with Gasteiger partial charge in [-0.15, -0.1) is 0 Å². The molecule has 4 aromatic heterocycles. The molecule has 312 valence electrons. The lowest BCUT2D eigenvalue weighted by Gasteiger charge is -2.36. The van der Waals surface area contributed by atoms with Gasteiger partial charge in [0.05, 0.1) is 36.7 Å². The molecule has 16 heteroatoms. The standard InChI is InChI=1S/2C22H22F2N4O2/c2*1-14-16-13-26-22(19-5-3-4-7-25-19)27-18(16)6-8-28(14)15-11-17(23)21(24)20(12-15)30-10-9-29-2/h2*3-5,7,11-14H,6,8-10H2,1-2H3/t2*14-/m10/s1. The molecule has 12 nitrogen and oxygen atoms in total. The predicted molar refractivity (Wildman–Crippen MR) is 217 cm³/mol. The van der Waals surface area contributed by atoms with Crippen LogP contribution in [0.2, 0.25) is 0 Å². The average molecular weight is 825 g/mol. The van der Waals surface area contributed by atoms with Crippen LogP contribution in [0, 0.1) is 23.3 Å². The van der Waals surface area contributed by atoms with Crippen LogP contribution < -0.4 is 19.3 Å². The second-order valence-electron chi connectivity index (χ2n) is 14.0. The van der Waals surface area contributed by atoms with Gasteiger partial charge < -0.3 is 28.7 Å². The summed E-state index contributed by atoms with van der Waals surface area (Å²) >= 11 is 0. The lowest BCUT2D eigenvalue weighted by atomic mass is 9.98. The molecule has 0 aliphatic carbocycles. The summed E-state index contributed by atoms with van der Waals surface area (Å²) in [6.07, 6.45) is 8.30. The van der Waals surface area contributed by atoms with Crippen LogP contribution in [0.3, 0.4) is 0 Å². The fourth-order valence-corrected chi connectivity index (χ4v) is 7.18. The molecule has 0 unspecified atom stereocenters. The van der Waals surface area contributed by atoms with Gasteiger partial charge in [0.1, 0.15) is 24.6 Å². The highest BCUT2D eigenvalue weighted by Crippen LogP contribution is 2.38. The first kappa shape index (κ1) is 41.9. The SMILES string of the molecule is COCCOc1cc(N2CCc3nc(-c4ccccn4)ncc3[C@@H]2C)cc(F)c1F.COCCOc1cc(N2CCc3nc(-c4ccccn4)ncc3[C@H]2C)cc(F)c1F. The van der Waals surface area contributed by atoms with E-state index < -0.39 is 23.3 Å². The van der Waals surface area contributed by atoms with Crippen molar-refractivity contribution in [2.24, 2.45) is 0 Å². The fourth-order valence-electron chi connectivity index (χ4n) is 7.18. The van der Waals surface area contributed by atoms with Crippen LogP contribution in [0.4, 0.5) is 28.9 Å². The zero-order chi connectivity index (χ0) is 42.2. The summed E-state index contributed by atoms with van der Waals surface area (Å²) in [7, 11) is 3.04. The Hall–Kier alpha value is -6.26. The molecule has 0 saturated carbocycles. The van der Waals surface area contributed by atoms with E-state index >= 15 is 0 Å². The molecule has 0 spiro atoms. The van der Waals surface area contributed by atoms with Gasteiger partial charge in [0.15, 0.2) is 34.8 Å². The number of halogens is 4. The molecule has 6 heterocycles. The highest BCUT2D eigenvalue weighted by molar-refractivity contribution is 5.58. The number of pyridine rings is 2. The number of benzene rings is 2. The van der Waals surface area contributed by atoms with Crippen LogP contribution in [0.25, 0.3) is 23.0 Å². The average Bonchev–Trinajstić information content (AvgIpc) is 3.27. The van der Waals surface area contributed by atoms with Crippen molar-refractivity contribution in [3.63, 3.8) is 0 Å². The Labute approximate surface area is 345 Å². The van der Waals surface area contributed by atoms with Gasteiger partial charge in [-0.3, -0.25) is 9.97 Å². The second kappa shape index (κ2) is 19.2. The Morgan fingerprint density at radius 2 is 1.02 bits per heavy atom. The third-order valence-corrected chi connectivity index (χ3v) is 10.3. The molecule has 6 aromatic rings. The normalized spacial score (nSPS) is 15.7. The molecular weight excluding hydrogens is 781 g/mol. The van der Waals surface area contributed by atoms with Gasteiger partial charge >= 0.3 is 0 Å². The minimum absolute atomic E-state index is 0.108. The van der Waals surface area contributed by atoms with Crippen LogP contribution in [-0.2, 0) is 22.3 Å². The van der Waals surface area contributed by atoms with Crippen molar-refractivity contribution in [2.75, 3.05) is 63.5 Å². The third-order valence-electron chi connectivity index (χ3n) is 10.3. The zero-order valence-corrected chi connectivity index (χ0v) is 33.6. The number of hydrogen-bond acceptors (Lipinski definition) is 12. The Balaban J connectivity index is 0.000000181. The van der Waals surface area contributed by atoms with Crippen molar-refractivity contribution in [3.05, 3.63) is 131 Å². The van der Waals surface area contributed by atoms with Gasteiger partial charge in [-0.25, -0.2) is 28.7 Å². The molecule has 2 aromatic carbocycles. The van der Waals surface area contributed by atoms with Crippen molar-refractivity contribution in [1.82, 2.24) is 29.9 Å². The minimum atomic E-state index is -0.997. The molecule has 0 N–H and O–H groups in total.